The van der Waals surface area contributed by atoms with Gasteiger partial charge in [-0.1, -0.05) is 28.4 Å². The molecule has 2 rings (SSSR count). The average Bonchev–Trinajstić information content (AvgIpc) is 2.79. The first-order valence-electron chi connectivity index (χ1n) is 4.67. The second-order valence-corrected chi connectivity index (χ2v) is 4.03. The summed E-state index contributed by atoms with van der Waals surface area (Å²) in [6.45, 7) is 0.141. The summed E-state index contributed by atoms with van der Waals surface area (Å²) >= 11 is 11.7. The highest BCUT2D eigenvalue weighted by Crippen LogP contribution is 2.31. The van der Waals surface area contributed by atoms with Crippen molar-refractivity contribution in [3.05, 3.63) is 45.8 Å². The van der Waals surface area contributed by atoms with E-state index in [0.29, 0.717) is 22.6 Å². The number of aromatic nitrogens is 1. The molecule has 1 heterocycles. The Morgan fingerprint density at radius 1 is 1.41 bits per heavy atom. The summed E-state index contributed by atoms with van der Waals surface area (Å²) in [7, 11) is 0. The minimum atomic E-state index is 0.141. The van der Waals surface area contributed by atoms with Crippen LogP contribution in [0.15, 0.2) is 28.9 Å². The molecular formula is C11H7Cl2NO3. The summed E-state index contributed by atoms with van der Waals surface area (Å²) in [5.74, 6) is 0.815. The first-order chi connectivity index (χ1) is 8.20. The van der Waals surface area contributed by atoms with Crippen molar-refractivity contribution in [2.45, 2.75) is 6.61 Å². The molecule has 0 bridgehead atoms. The van der Waals surface area contributed by atoms with Gasteiger partial charge in [-0.2, -0.15) is 0 Å². The maximum Gasteiger partial charge on any atom is 0.174 e. The van der Waals surface area contributed by atoms with Gasteiger partial charge in [0.05, 0.1) is 16.8 Å². The van der Waals surface area contributed by atoms with Crippen molar-refractivity contribution in [2.75, 3.05) is 0 Å². The van der Waals surface area contributed by atoms with Gasteiger partial charge in [-0.3, -0.25) is 4.79 Å². The highest BCUT2D eigenvalue weighted by Gasteiger charge is 2.11. The van der Waals surface area contributed by atoms with Crippen LogP contribution in [0.25, 0.3) is 0 Å². The molecule has 0 saturated heterocycles. The van der Waals surface area contributed by atoms with E-state index in [1.807, 2.05) is 0 Å². The van der Waals surface area contributed by atoms with Gasteiger partial charge in [-0.05, 0) is 12.1 Å². The Labute approximate surface area is 107 Å². The summed E-state index contributed by atoms with van der Waals surface area (Å²) in [5.41, 5.74) is 0.294. The molecule has 0 aliphatic carbocycles. The van der Waals surface area contributed by atoms with Gasteiger partial charge in [0.25, 0.3) is 0 Å². The molecule has 0 saturated carbocycles. The molecule has 4 nitrogen and oxygen atoms in total. The first kappa shape index (κ1) is 12.0. The number of hydrogen-bond acceptors (Lipinski definition) is 4. The Kier molecular flexibility index (Phi) is 3.66. The molecule has 0 unspecified atom stereocenters. The molecule has 88 valence electrons. The van der Waals surface area contributed by atoms with Gasteiger partial charge in [0.1, 0.15) is 12.4 Å². The van der Waals surface area contributed by atoms with Crippen LogP contribution in [0.4, 0.5) is 0 Å². The Hall–Kier alpha value is -1.52. The quantitative estimate of drug-likeness (QED) is 0.800. The molecule has 0 spiro atoms. The van der Waals surface area contributed by atoms with Gasteiger partial charge in [-0.15, -0.1) is 0 Å². The number of hydrogen-bond donors (Lipinski definition) is 0. The summed E-state index contributed by atoms with van der Waals surface area (Å²) in [6.07, 6.45) is 2.14. The largest absolute Gasteiger partial charge is 0.483 e. The van der Waals surface area contributed by atoms with Crippen molar-refractivity contribution in [2.24, 2.45) is 0 Å². The van der Waals surface area contributed by atoms with Gasteiger partial charge in [0, 0.05) is 11.1 Å². The van der Waals surface area contributed by atoms with Crippen molar-refractivity contribution >= 4 is 29.5 Å². The summed E-state index contributed by atoms with van der Waals surface area (Å²) in [4.78, 5) is 10.9. The van der Waals surface area contributed by atoms with E-state index in [1.165, 1.54) is 18.3 Å². The maximum atomic E-state index is 10.9. The molecule has 0 atom stereocenters. The lowest BCUT2D eigenvalue weighted by molar-refractivity contribution is 0.111. The van der Waals surface area contributed by atoms with Crippen LogP contribution in [0.5, 0.6) is 5.75 Å². The van der Waals surface area contributed by atoms with Crippen LogP contribution in [-0.2, 0) is 6.61 Å². The minimum absolute atomic E-state index is 0.141. The second kappa shape index (κ2) is 5.21. The zero-order valence-corrected chi connectivity index (χ0v) is 10.0. The Morgan fingerprint density at radius 2 is 2.24 bits per heavy atom. The van der Waals surface area contributed by atoms with Gasteiger partial charge >= 0.3 is 0 Å². The van der Waals surface area contributed by atoms with E-state index in [9.17, 15) is 4.79 Å². The van der Waals surface area contributed by atoms with Crippen molar-refractivity contribution in [1.82, 2.24) is 5.16 Å². The SMILES string of the molecule is O=Cc1cc(Cl)cc(Cl)c1OCc1ccno1. The average molecular weight is 272 g/mol. The topological polar surface area (TPSA) is 52.3 Å². The number of carbonyl (C=O) groups excluding carboxylic acids is 1. The van der Waals surface area contributed by atoms with Crippen molar-refractivity contribution < 1.29 is 14.1 Å². The Balaban J connectivity index is 2.22. The molecular weight excluding hydrogens is 265 g/mol. The van der Waals surface area contributed by atoms with Crippen molar-refractivity contribution in [3.63, 3.8) is 0 Å². The number of benzene rings is 1. The van der Waals surface area contributed by atoms with Crippen LogP contribution in [0.1, 0.15) is 16.1 Å². The predicted octanol–water partition coefficient (Wildman–Crippen LogP) is 3.37. The van der Waals surface area contributed by atoms with Crippen LogP contribution in [0.2, 0.25) is 10.0 Å². The van der Waals surface area contributed by atoms with Gasteiger partial charge in [-0.25, -0.2) is 0 Å². The Bertz CT molecular complexity index is 526. The fraction of sp³-hybridized carbons (Fsp3) is 0.0909. The molecule has 0 fully saturated rings. The van der Waals surface area contributed by atoms with Crippen LogP contribution < -0.4 is 4.74 Å². The van der Waals surface area contributed by atoms with Gasteiger partial charge in [0.15, 0.2) is 12.0 Å². The summed E-state index contributed by atoms with van der Waals surface area (Å²) < 4.78 is 10.3. The van der Waals surface area contributed by atoms with Crippen LogP contribution in [0.3, 0.4) is 0 Å². The van der Waals surface area contributed by atoms with Crippen LogP contribution >= 0.6 is 23.2 Å². The van der Waals surface area contributed by atoms with Gasteiger partial charge in [0.2, 0.25) is 0 Å². The molecule has 0 amide bonds. The molecule has 0 N–H and O–H groups in total. The highest BCUT2D eigenvalue weighted by molar-refractivity contribution is 6.36. The Morgan fingerprint density at radius 3 is 2.88 bits per heavy atom. The summed E-state index contributed by atoms with van der Waals surface area (Å²) in [6, 6.07) is 4.65. The molecule has 1 aromatic heterocycles. The lowest BCUT2D eigenvalue weighted by Crippen LogP contribution is -1.98. The molecule has 0 aliphatic rings. The van der Waals surface area contributed by atoms with E-state index in [1.54, 1.807) is 6.07 Å². The van der Waals surface area contributed by atoms with Crippen LogP contribution in [-0.4, -0.2) is 11.4 Å². The molecule has 0 aliphatic heterocycles. The zero-order chi connectivity index (χ0) is 12.3. The third kappa shape index (κ3) is 2.78. The third-order valence-electron chi connectivity index (χ3n) is 2.01. The lowest BCUT2D eigenvalue weighted by atomic mass is 10.2. The number of halogens is 2. The number of carbonyl (C=O) groups is 1. The van der Waals surface area contributed by atoms with E-state index in [-0.39, 0.29) is 17.4 Å². The number of nitrogens with zero attached hydrogens (tertiary/aromatic N) is 1. The molecule has 2 aromatic rings. The van der Waals surface area contributed by atoms with Gasteiger partial charge < -0.3 is 9.26 Å². The fourth-order valence-electron chi connectivity index (χ4n) is 1.28. The minimum Gasteiger partial charge on any atom is -0.483 e. The smallest absolute Gasteiger partial charge is 0.174 e. The van der Waals surface area contributed by atoms with E-state index >= 15 is 0 Å². The maximum absolute atomic E-state index is 10.9. The monoisotopic (exact) mass is 271 g/mol. The standard InChI is InChI=1S/C11H7Cl2NO3/c12-8-3-7(5-15)11(10(13)4-8)16-6-9-1-2-14-17-9/h1-5H,6H2. The first-order valence-corrected chi connectivity index (χ1v) is 5.43. The van der Waals surface area contributed by atoms with E-state index < -0.39 is 0 Å². The fourth-order valence-corrected chi connectivity index (χ4v) is 1.84. The molecule has 1 aromatic carbocycles. The van der Waals surface area contributed by atoms with Crippen molar-refractivity contribution in [3.8, 4) is 5.75 Å². The van der Waals surface area contributed by atoms with Crippen LogP contribution in [0, 0.1) is 0 Å². The van der Waals surface area contributed by atoms with Crippen molar-refractivity contribution in [1.29, 1.82) is 0 Å². The normalized spacial score (nSPS) is 10.2. The third-order valence-corrected chi connectivity index (χ3v) is 2.51. The van der Waals surface area contributed by atoms with E-state index in [2.05, 4.69) is 5.16 Å². The van der Waals surface area contributed by atoms with E-state index in [4.69, 9.17) is 32.5 Å². The number of rotatable bonds is 4. The number of aldehydes is 1. The second-order valence-electron chi connectivity index (χ2n) is 3.19. The lowest BCUT2D eigenvalue weighted by Gasteiger charge is -2.09. The zero-order valence-electron chi connectivity index (χ0n) is 8.52. The predicted molar refractivity (Wildman–Crippen MR) is 62.7 cm³/mol. The molecule has 0 radical (unpaired) electrons. The molecule has 6 heteroatoms. The highest BCUT2D eigenvalue weighted by atomic mass is 35.5. The van der Waals surface area contributed by atoms with E-state index in [0.717, 1.165) is 0 Å². The number of ether oxygens (including phenoxy) is 1. The molecule has 17 heavy (non-hydrogen) atoms. The summed E-state index contributed by atoms with van der Waals surface area (Å²) in [5, 5.41) is 4.19.